The van der Waals surface area contributed by atoms with Crippen molar-refractivity contribution in [2.75, 3.05) is 5.32 Å². The third-order valence-corrected chi connectivity index (χ3v) is 5.52. The Hall–Kier alpha value is -2.17. The van der Waals surface area contributed by atoms with Crippen LogP contribution in [0.5, 0.6) is 0 Å². The molecule has 2 aromatic carbocycles. The molecule has 0 bridgehead atoms. The summed E-state index contributed by atoms with van der Waals surface area (Å²) in [6.45, 7) is 1.34. The van der Waals surface area contributed by atoms with E-state index in [0.717, 1.165) is 19.3 Å². The summed E-state index contributed by atoms with van der Waals surface area (Å²) in [5.41, 5.74) is 0.296. The van der Waals surface area contributed by atoms with E-state index < -0.39 is 4.92 Å². The van der Waals surface area contributed by atoms with Crippen molar-refractivity contribution in [2.24, 2.45) is 0 Å². The van der Waals surface area contributed by atoms with Crippen molar-refractivity contribution in [1.29, 1.82) is 0 Å². The fourth-order valence-electron chi connectivity index (χ4n) is 2.25. The number of anilines is 1. The Bertz CT molecular complexity index is 854. The molecule has 0 saturated carbocycles. The van der Waals surface area contributed by atoms with E-state index in [1.807, 2.05) is 30.3 Å². The van der Waals surface area contributed by atoms with Gasteiger partial charge in [-0.25, -0.2) is 0 Å². The van der Waals surface area contributed by atoms with Crippen LogP contribution >= 0.6 is 0 Å². The average Bonchev–Trinajstić information content (AvgIpc) is 2.75. The number of carbonyl (C=O) groups excluding carboxylic acids is 1. The molecule has 0 saturated heterocycles. The number of carbonyl (C=O) groups is 1. The molecule has 0 aliphatic carbocycles. The maximum absolute atomic E-state index is 11.4. The number of amides is 1. The molecule has 0 radical (unpaired) electrons. The Morgan fingerprint density at radius 2 is 1.95 bits per heavy atom. The minimum atomic E-state index is -0.405. The van der Waals surface area contributed by atoms with Gasteiger partial charge in [0.15, 0.2) is 0 Å². The Kier molecular flexibility index (Phi) is 3.04. The van der Waals surface area contributed by atoms with Gasteiger partial charge in [0.2, 0.25) is 0 Å². The molecule has 0 aliphatic heterocycles. The summed E-state index contributed by atoms with van der Waals surface area (Å²) in [7, 11) is 0. The third kappa shape index (κ3) is 1.99. The van der Waals surface area contributed by atoms with Crippen molar-refractivity contribution in [2.45, 2.75) is 6.92 Å². The van der Waals surface area contributed by atoms with Crippen LogP contribution in [0.4, 0.5) is 11.4 Å². The number of hydrogen-bond donors (Lipinski definition) is 1. The van der Waals surface area contributed by atoms with Crippen LogP contribution < -0.4 is 5.32 Å². The van der Waals surface area contributed by atoms with Crippen LogP contribution in [0.3, 0.4) is 0 Å². The second-order valence-electron chi connectivity index (χ2n) is 4.37. The van der Waals surface area contributed by atoms with E-state index in [2.05, 4.69) is 5.32 Å². The standard InChI is InChI=1S/C14H10N2O3Se/c1-8(17)15-11-7-6-10-9-4-2-3-5-12(9)20-14(10)13(11)16(18)19/h2-7H,1H3,(H,15,17). The molecule has 0 spiro atoms. The Labute approximate surface area is 120 Å². The zero-order chi connectivity index (χ0) is 14.3. The second-order valence-corrected chi connectivity index (χ2v) is 6.58. The molecule has 20 heavy (non-hydrogen) atoms. The van der Waals surface area contributed by atoms with Gasteiger partial charge in [0.05, 0.1) is 0 Å². The van der Waals surface area contributed by atoms with Gasteiger partial charge in [0, 0.05) is 0 Å². The molecule has 6 heteroatoms. The van der Waals surface area contributed by atoms with Crippen LogP contribution in [0.15, 0.2) is 36.4 Å². The fraction of sp³-hybridized carbons (Fsp3) is 0.0714. The monoisotopic (exact) mass is 334 g/mol. The molecule has 100 valence electrons. The van der Waals surface area contributed by atoms with Gasteiger partial charge in [-0.2, -0.15) is 0 Å². The first kappa shape index (κ1) is 12.8. The third-order valence-electron chi connectivity index (χ3n) is 3.01. The maximum atomic E-state index is 11.4. The average molecular weight is 333 g/mol. The molecule has 1 heterocycles. The topological polar surface area (TPSA) is 72.2 Å². The number of benzene rings is 2. The molecule has 3 aromatic rings. The van der Waals surface area contributed by atoms with Crippen LogP contribution in [0.1, 0.15) is 6.92 Å². The van der Waals surface area contributed by atoms with E-state index in [9.17, 15) is 14.9 Å². The summed E-state index contributed by atoms with van der Waals surface area (Å²) in [6.07, 6.45) is 0. The van der Waals surface area contributed by atoms with E-state index in [0.29, 0.717) is 0 Å². The predicted octanol–water partition coefficient (Wildman–Crippen LogP) is 2.92. The summed E-state index contributed by atoms with van der Waals surface area (Å²) in [5, 5.41) is 15.9. The summed E-state index contributed by atoms with van der Waals surface area (Å²) >= 11 is -0.108. The summed E-state index contributed by atoms with van der Waals surface area (Å²) in [6, 6.07) is 11.3. The molecule has 3 rings (SSSR count). The number of nitro groups is 1. The molecule has 1 amide bonds. The van der Waals surface area contributed by atoms with Gasteiger partial charge in [-0.1, -0.05) is 0 Å². The first-order valence-corrected chi connectivity index (χ1v) is 7.65. The minimum absolute atomic E-state index is 0.0221. The number of hydrogen-bond acceptors (Lipinski definition) is 3. The van der Waals surface area contributed by atoms with Crippen LogP contribution in [0, 0.1) is 10.1 Å². The Balaban J connectivity index is 2.39. The summed E-state index contributed by atoms with van der Waals surface area (Å²) in [5.74, 6) is -0.309. The molecule has 0 unspecified atom stereocenters. The molecule has 1 aromatic heterocycles. The van der Waals surface area contributed by atoms with Gasteiger partial charge in [0.25, 0.3) is 0 Å². The van der Waals surface area contributed by atoms with Crippen molar-refractivity contribution in [3.05, 3.63) is 46.5 Å². The first-order chi connectivity index (χ1) is 9.58. The quantitative estimate of drug-likeness (QED) is 0.445. The molecule has 0 fully saturated rings. The van der Waals surface area contributed by atoms with Gasteiger partial charge in [-0.3, -0.25) is 0 Å². The van der Waals surface area contributed by atoms with Gasteiger partial charge in [-0.05, 0) is 0 Å². The first-order valence-electron chi connectivity index (χ1n) is 5.94. The van der Waals surface area contributed by atoms with E-state index in [1.54, 1.807) is 6.07 Å². The SMILES string of the molecule is CC(=O)Nc1ccc2c([se]c3ccccc32)c1[N+](=O)[O-]. The van der Waals surface area contributed by atoms with Crippen molar-refractivity contribution in [3.63, 3.8) is 0 Å². The van der Waals surface area contributed by atoms with Crippen molar-refractivity contribution < 1.29 is 9.72 Å². The predicted molar refractivity (Wildman–Crippen MR) is 79.4 cm³/mol. The van der Waals surface area contributed by atoms with E-state index in [4.69, 9.17) is 0 Å². The number of rotatable bonds is 2. The molecule has 5 nitrogen and oxygen atoms in total. The van der Waals surface area contributed by atoms with Crippen molar-refractivity contribution in [1.82, 2.24) is 0 Å². The fourth-order valence-corrected chi connectivity index (χ4v) is 4.81. The van der Waals surface area contributed by atoms with Gasteiger partial charge < -0.3 is 0 Å². The molecular weight excluding hydrogens is 323 g/mol. The Morgan fingerprint density at radius 3 is 2.65 bits per heavy atom. The van der Waals surface area contributed by atoms with Crippen LogP contribution in [0.25, 0.3) is 19.3 Å². The normalized spacial score (nSPS) is 10.8. The van der Waals surface area contributed by atoms with E-state index in [-0.39, 0.29) is 31.8 Å². The summed E-state index contributed by atoms with van der Waals surface area (Å²) < 4.78 is 1.87. The van der Waals surface area contributed by atoms with E-state index in [1.165, 1.54) is 6.92 Å². The van der Waals surface area contributed by atoms with Gasteiger partial charge in [-0.15, -0.1) is 0 Å². The molecule has 1 N–H and O–H groups in total. The molecular formula is C14H10N2O3Se. The van der Waals surface area contributed by atoms with Gasteiger partial charge in [0.1, 0.15) is 0 Å². The number of fused-ring (bicyclic) bond motifs is 3. The number of nitrogens with zero attached hydrogens (tertiary/aromatic N) is 1. The zero-order valence-corrected chi connectivity index (χ0v) is 12.3. The molecule has 0 atom stereocenters. The zero-order valence-electron chi connectivity index (χ0n) is 10.5. The van der Waals surface area contributed by atoms with Gasteiger partial charge >= 0.3 is 120 Å². The van der Waals surface area contributed by atoms with E-state index >= 15 is 0 Å². The van der Waals surface area contributed by atoms with Crippen LogP contribution in [-0.4, -0.2) is 25.3 Å². The Morgan fingerprint density at radius 1 is 1.20 bits per heavy atom. The number of nitro benzene ring substituents is 1. The molecule has 0 aliphatic rings. The summed E-state index contributed by atoms with van der Waals surface area (Å²) in [4.78, 5) is 22.2. The van der Waals surface area contributed by atoms with Crippen LogP contribution in [0.2, 0.25) is 0 Å². The van der Waals surface area contributed by atoms with Crippen molar-refractivity contribution >= 4 is 51.1 Å². The van der Waals surface area contributed by atoms with Crippen LogP contribution in [-0.2, 0) is 4.79 Å². The second kappa shape index (κ2) is 4.74. The number of nitrogens with one attached hydrogen (secondary N) is 1. The van der Waals surface area contributed by atoms with Crippen molar-refractivity contribution in [3.8, 4) is 0 Å².